The lowest BCUT2D eigenvalue weighted by Gasteiger charge is -2.24. The minimum absolute atomic E-state index is 0.355. The lowest BCUT2D eigenvalue weighted by molar-refractivity contribution is 0.0919. The Balaban J connectivity index is 4.18. The normalized spacial score (nSPS) is 10.9. The van der Waals surface area contributed by atoms with Crippen molar-refractivity contribution in [3.05, 3.63) is 0 Å². The number of hydrogen-bond acceptors (Lipinski definition) is 4. The number of amides is 1. The van der Waals surface area contributed by atoms with E-state index in [4.69, 9.17) is 15.9 Å². The summed E-state index contributed by atoms with van der Waals surface area (Å²) in [4.78, 5) is 10.4. The van der Waals surface area contributed by atoms with Crippen LogP contribution in [0.2, 0.25) is 0 Å². The van der Waals surface area contributed by atoms with Crippen LogP contribution < -0.4 is 5.73 Å². The molecule has 0 aromatic carbocycles. The molecule has 1 amide bonds. The van der Waals surface area contributed by atoms with Gasteiger partial charge in [-0.1, -0.05) is 0 Å². The highest BCUT2D eigenvalue weighted by atomic mass is 32.2. The Morgan fingerprint density at radius 3 is 2.50 bits per heavy atom. The van der Waals surface area contributed by atoms with Gasteiger partial charge >= 0.3 is 6.09 Å². The molecule has 5 heteroatoms. The maximum atomic E-state index is 10.4. The topological polar surface area (TPSA) is 76.2 Å². The van der Waals surface area contributed by atoms with E-state index in [1.165, 1.54) is 11.8 Å². The fourth-order valence-electron chi connectivity index (χ4n) is 0.631. The smallest absolute Gasteiger partial charge is 0.405 e. The molecule has 0 unspecified atom stereocenters. The number of thioether (sulfide) groups is 1. The molecule has 0 aromatic heterocycles. The van der Waals surface area contributed by atoms with E-state index >= 15 is 0 Å². The lowest BCUT2D eigenvalue weighted by atomic mass is 10.0. The van der Waals surface area contributed by atoms with E-state index in [0.717, 1.165) is 0 Å². The first-order valence-corrected chi connectivity index (χ1v) is 4.85. The fraction of sp³-hybridized carbons (Fsp3) is 0.714. The molecule has 0 rings (SSSR count). The zero-order chi connectivity index (χ0) is 9.78. The average molecular weight is 190 g/mol. The van der Waals surface area contributed by atoms with Crippen LogP contribution in [0, 0.1) is 5.41 Å². The van der Waals surface area contributed by atoms with Crippen LogP contribution in [0.3, 0.4) is 0 Å². The van der Waals surface area contributed by atoms with Gasteiger partial charge in [-0.2, -0.15) is 11.8 Å². The van der Waals surface area contributed by atoms with Crippen molar-refractivity contribution in [3.8, 4) is 0 Å². The molecule has 0 bridgehead atoms. The van der Waals surface area contributed by atoms with E-state index in [9.17, 15) is 4.79 Å². The highest BCUT2D eigenvalue weighted by molar-refractivity contribution is 7.99. The molecule has 0 radical (unpaired) electrons. The molecule has 0 aliphatic rings. The third-order valence-corrected chi connectivity index (χ3v) is 1.95. The van der Waals surface area contributed by atoms with Gasteiger partial charge in [-0.15, -0.1) is 0 Å². The average Bonchev–Trinajstić information content (AvgIpc) is 1.85. The summed E-state index contributed by atoms with van der Waals surface area (Å²) in [5.41, 5.74) is 4.32. The Morgan fingerprint density at radius 2 is 2.17 bits per heavy atom. The second-order valence-corrected chi connectivity index (χ2v) is 3.71. The number of hydrogen-bond donors (Lipinski definition) is 2. The molecule has 3 N–H and O–H groups in total. The summed E-state index contributed by atoms with van der Waals surface area (Å²) in [5, 5.41) is 7.53. The Kier molecular flexibility index (Phi) is 4.09. The van der Waals surface area contributed by atoms with Crippen molar-refractivity contribution in [2.24, 2.45) is 5.73 Å². The summed E-state index contributed by atoms with van der Waals surface area (Å²) < 4.78 is 4.75. The number of primary amides is 1. The largest absolute Gasteiger partial charge is 0.438 e. The van der Waals surface area contributed by atoms with Gasteiger partial charge in [-0.3, -0.25) is 0 Å². The highest BCUT2D eigenvalue weighted by Crippen LogP contribution is 2.13. The summed E-state index contributed by atoms with van der Waals surface area (Å²) in [5.74, 6) is 0.542. The third-order valence-electron chi connectivity index (χ3n) is 1.37. The first kappa shape index (κ1) is 11.3. The first-order chi connectivity index (χ1) is 5.40. The zero-order valence-electron chi connectivity index (χ0n) is 7.51. The molecule has 0 fully saturated rings. The van der Waals surface area contributed by atoms with Crippen LogP contribution in [-0.4, -0.2) is 29.4 Å². The summed E-state index contributed by atoms with van der Waals surface area (Å²) in [6.07, 6.45) is 1.04. The van der Waals surface area contributed by atoms with Gasteiger partial charge < -0.3 is 15.9 Å². The number of rotatable bonds is 4. The van der Waals surface area contributed by atoms with Crippen molar-refractivity contribution < 1.29 is 9.53 Å². The molecule has 0 heterocycles. The predicted octanol–water partition coefficient (Wildman–Crippen LogP) is 1.24. The number of carbonyl (C=O) groups is 1. The van der Waals surface area contributed by atoms with Crippen LogP contribution in [0.15, 0.2) is 0 Å². The number of ether oxygens (including phenoxy) is 1. The molecule has 0 atom stereocenters. The lowest BCUT2D eigenvalue weighted by Crippen LogP contribution is -2.39. The van der Waals surface area contributed by atoms with Crippen molar-refractivity contribution in [2.45, 2.75) is 19.4 Å². The predicted molar refractivity (Wildman–Crippen MR) is 50.9 cm³/mol. The van der Waals surface area contributed by atoms with Gasteiger partial charge in [-0.05, 0) is 20.1 Å². The molecule has 4 nitrogen and oxygen atoms in total. The summed E-state index contributed by atoms with van der Waals surface area (Å²) in [6.45, 7) is 3.30. The van der Waals surface area contributed by atoms with Crippen LogP contribution >= 0.6 is 11.8 Å². The van der Waals surface area contributed by atoms with Gasteiger partial charge in [0.05, 0.1) is 5.71 Å². The molecule has 0 spiro atoms. The van der Waals surface area contributed by atoms with Gasteiger partial charge in [0.25, 0.3) is 0 Å². The molecule has 0 aromatic rings. The molecule has 0 saturated carbocycles. The van der Waals surface area contributed by atoms with E-state index in [0.29, 0.717) is 11.5 Å². The Bertz CT molecular complexity index is 192. The van der Waals surface area contributed by atoms with E-state index in [2.05, 4.69) is 0 Å². The monoisotopic (exact) mass is 190 g/mol. The number of nitrogens with one attached hydrogen (secondary N) is 1. The van der Waals surface area contributed by atoms with E-state index in [1.54, 1.807) is 13.8 Å². The highest BCUT2D eigenvalue weighted by Gasteiger charge is 2.26. The molecule has 0 saturated heterocycles. The van der Waals surface area contributed by atoms with Crippen LogP contribution in [0.4, 0.5) is 4.79 Å². The standard InChI is InChI=1S/C7H14N2O2S/c1-7(2,11-6(9)10)5(8)4-12-3/h8H,4H2,1-3H3,(H2,9,10). The van der Waals surface area contributed by atoms with E-state index in [-0.39, 0.29) is 0 Å². The molecule has 0 aliphatic heterocycles. The fourth-order valence-corrected chi connectivity index (χ4v) is 1.27. The van der Waals surface area contributed by atoms with Gasteiger partial charge in [-0.25, -0.2) is 4.79 Å². The van der Waals surface area contributed by atoms with Crippen LogP contribution in [-0.2, 0) is 4.74 Å². The van der Waals surface area contributed by atoms with Gasteiger partial charge in [0.1, 0.15) is 5.60 Å². The van der Waals surface area contributed by atoms with Crippen molar-refractivity contribution in [1.82, 2.24) is 0 Å². The Labute approximate surface area is 76.4 Å². The van der Waals surface area contributed by atoms with Crippen molar-refractivity contribution in [1.29, 1.82) is 5.41 Å². The SMILES string of the molecule is CSCC(=N)C(C)(C)OC(N)=O. The second kappa shape index (κ2) is 4.35. The van der Waals surface area contributed by atoms with Crippen LogP contribution in [0.25, 0.3) is 0 Å². The molecule has 12 heavy (non-hydrogen) atoms. The van der Waals surface area contributed by atoms with Crippen LogP contribution in [0.5, 0.6) is 0 Å². The molecule has 70 valence electrons. The van der Waals surface area contributed by atoms with Crippen molar-refractivity contribution >= 4 is 23.6 Å². The third kappa shape index (κ3) is 3.61. The van der Waals surface area contributed by atoms with Gasteiger partial charge in [0.2, 0.25) is 0 Å². The summed E-state index contributed by atoms with van der Waals surface area (Å²) in [6, 6.07) is 0. The minimum atomic E-state index is -0.880. The number of carbonyl (C=O) groups excluding carboxylic acids is 1. The summed E-state index contributed by atoms with van der Waals surface area (Å²) >= 11 is 1.51. The Morgan fingerprint density at radius 1 is 1.67 bits per heavy atom. The maximum absolute atomic E-state index is 10.4. The Hall–Kier alpha value is -0.710. The second-order valence-electron chi connectivity index (χ2n) is 2.84. The van der Waals surface area contributed by atoms with E-state index in [1.807, 2.05) is 6.26 Å². The molecule has 0 aliphatic carbocycles. The minimum Gasteiger partial charge on any atom is -0.438 e. The zero-order valence-corrected chi connectivity index (χ0v) is 8.33. The molecular formula is C7H14N2O2S. The summed E-state index contributed by atoms with van der Waals surface area (Å²) in [7, 11) is 0. The maximum Gasteiger partial charge on any atom is 0.405 e. The van der Waals surface area contributed by atoms with Crippen molar-refractivity contribution in [2.75, 3.05) is 12.0 Å². The van der Waals surface area contributed by atoms with Gasteiger partial charge in [0, 0.05) is 5.75 Å². The van der Waals surface area contributed by atoms with Crippen molar-refractivity contribution in [3.63, 3.8) is 0 Å². The number of nitrogens with two attached hydrogens (primary N) is 1. The van der Waals surface area contributed by atoms with Crippen LogP contribution in [0.1, 0.15) is 13.8 Å². The van der Waals surface area contributed by atoms with Gasteiger partial charge in [0.15, 0.2) is 0 Å². The van der Waals surface area contributed by atoms with E-state index < -0.39 is 11.7 Å². The quantitative estimate of drug-likeness (QED) is 0.655. The first-order valence-electron chi connectivity index (χ1n) is 3.45. The molecular weight excluding hydrogens is 176 g/mol.